The van der Waals surface area contributed by atoms with Crippen molar-refractivity contribution in [3.8, 4) is 0 Å². The van der Waals surface area contributed by atoms with Crippen LogP contribution < -0.4 is 0 Å². The molecule has 0 aliphatic heterocycles. The van der Waals surface area contributed by atoms with Gasteiger partial charge in [0.05, 0.1) is 11.0 Å². The molecule has 1 aromatic heterocycles. The van der Waals surface area contributed by atoms with Gasteiger partial charge in [-0.15, -0.1) is 0 Å². The molecule has 1 aromatic carbocycles. The summed E-state index contributed by atoms with van der Waals surface area (Å²) in [6.45, 7) is 0. The van der Waals surface area contributed by atoms with E-state index >= 15 is 0 Å². The van der Waals surface area contributed by atoms with E-state index < -0.39 is 0 Å². The summed E-state index contributed by atoms with van der Waals surface area (Å²) in [5.74, 6) is 0.392. The molecule has 2 aromatic rings. The molecule has 0 fully saturated rings. The second-order valence-electron chi connectivity index (χ2n) is 2.65. The van der Waals surface area contributed by atoms with Gasteiger partial charge in [-0.2, -0.15) is 0 Å². The van der Waals surface area contributed by atoms with Gasteiger partial charge in [-0.3, -0.25) is 0 Å². The Hall–Kier alpha value is -2.00. The molecule has 0 aliphatic carbocycles. The molecule has 0 unspecified atom stereocenters. The lowest BCUT2D eigenvalue weighted by atomic mass is 10.3. The fourth-order valence-electron chi connectivity index (χ4n) is 1.26. The average Bonchev–Trinajstić information content (AvgIpc) is 2.46. The van der Waals surface area contributed by atoms with Crippen LogP contribution in [0.1, 0.15) is 0 Å². The van der Waals surface area contributed by atoms with Crippen molar-refractivity contribution in [3.63, 3.8) is 0 Å². The van der Waals surface area contributed by atoms with Crippen molar-refractivity contribution in [1.82, 2.24) is 9.55 Å². The Morgan fingerprint density at radius 2 is 2.23 bits per heavy atom. The molecule has 64 valence electrons. The highest BCUT2D eigenvalue weighted by Crippen LogP contribution is 2.19. The molecular formula is C8H7N5. The third-order valence-corrected chi connectivity index (χ3v) is 1.90. The summed E-state index contributed by atoms with van der Waals surface area (Å²) in [4.78, 5) is 6.85. The minimum absolute atomic E-state index is 0.392. The zero-order valence-electron chi connectivity index (χ0n) is 7.05. The number of aryl methyl sites for hydroxylation is 1. The first-order chi connectivity index (χ1) is 6.33. The van der Waals surface area contributed by atoms with Crippen LogP contribution >= 0.6 is 0 Å². The van der Waals surface area contributed by atoms with Gasteiger partial charge >= 0.3 is 0 Å². The van der Waals surface area contributed by atoms with E-state index in [2.05, 4.69) is 15.0 Å². The van der Waals surface area contributed by atoms with Gasteiger partial charge in [0.2, 0.25) is 0 Å². The van der Waals surface area contributed by atoms with Crippen LogP contribution in [0, 0.1) is 0 Å². The fraction of sp³-hybridized carbons (Fsp3) is 0.125. The highest BCUT2D eigenvalue weighted by atomic mass is 15.3. The number of rotatable bonds is 1. The van der Waals surface area contributed by atoms with E-state index in [4.69, 9.17) is 5.53 Å². The number of hydrogen-bond donors (Lipinski definition) is 0. The standard InChI is InChI=1S/C8H7N5/c1-13-7-5-3-2-4-6(7)10-8(13)11-12-9/h2-5H,1H3. The Morgan fingerprint density at radius 1 is 1.46 bits per heavy atom. The molecule has 0 radical (unpaired) electrons. The number of benzene rings is 1. The Bertz CT molecular complexity index is 492. The molecule has 5 nitrogen and oxygen atoms in total. The largest absolute Gasteiger partial charge is 0.326 e. The maximum atomic E-state index is 8.27. The Morgan fingerprint density at radius 3 is 2.92 bits per heavy atom. The highest BCUT2D eigenvalue weighted by Gasteiger charge is 2.03. The maximum Gasteiger partial charge on any atom is 0.197 e. The Kier molecular flexibility index (Phi) is 1.65. The molecule has 0 bridgehead atoms. The second kappa shape index (κ2) is 2.80. The number of imidazole rings is 1. The first kappa shape index (κ1) is 7.64. The summed E-state index contributed by atoms with van der Waals surface area (Å²) in [5, 5.41) is 3.48. The monoisotopic (exact) mass is 173 g/mol. The molecule has 0 N–H and O–H groups in total. The summed E-state index contributed by atoms with van der Waals surface area (Å²) in [5.41, 5.74) is 10.1. The van der Waals surface area contributed by atoms with E-state index in [1.54, 1.807) is 4.57 Å². The third kappa shape index (κ3) is 1.11. The van der Waals surface area contributed by atoms with Crippen molar-refractivity contribution in [1.29, 1.82) is 0 Å². The molecule has 1 heterocycles. The number of fused-ring (bicyclic) bond motifs is 1. The van der Waals surface area contributed by atoms with Gasteiger partial charge in [0.15, 0.2) is 5.95 Å². The van der Waals surface area contributed by atoms with E-state index in [1.165, 1.54) is 0 Å². The lowest BCUT2D eigenvalue weighted by molar-refractivity contribution is 0.940. The van der Waals surface area contributed by atoms with Gasteiger partial charge in [-0.1, -0.05) is 12.1 Å². The fourth-order valence-corrected chi connectivity index (χ4v) is 1.26. The van der Waals surface area contributed by atoms with Crippen LogP contribution in [0.3, 0.4) is 0 Å². The number of hydrogen-bond acceptors (Lipinski definition) is 2. The zero-order chi connectivity index (χ0) is 9.26. The number of para-hydroxylation sites is 2. The predicted molar refractivity (Wildman–Crippen MR) is 49.5 cm³/mol. The topological polar surface area (TPSA) is 66.6 Å². The van der Waals surface area contributed by atoms with Crippen LogP contribution in [0.25, 0.3) is 21.5 Å². The van der Waals surface area contributed by atoms with Gasteiger partial charge < -0.3 is 4.57 Å². The third-order valence-electron chi connectivity index (χ3n) is 1.90. The highest BCUT2D eigenvalue weighted by molar-refractivity contribution is 5.77. The SMILES string of the molecule is Cn1c(N=[N+]=[N-])nc2ccccc21. The van der Waals surface area contributed by atoms with Gasteiger partial charge in [-0.25, -0.2) is 4.98 Å². The van der Waals surface area contributed by atoms with Crippen LogP contribution in [0.5, 0.6) is 0 Å². The van der Waals surface area contributed by atoms with Crippen LogP contribution in [-0.2, 0) is 7.05 Å². The van der Waals surface area contributed by atoms with Crippen molar-refractivity contribution in [2.45, 2.75) is 0 Å². The minimum atomic E-state index is 0.392. The first-order valence-electron chi connectivity index (χ1n) is 3.79. The molecule has 0 spiro atoms. The molecule has 2 rings (SSSR count). The molecule has 0 aliphatic rings. The quantitative estimate of drug-likeness (QED) is 0.371. The molecular weight excluding hydrogens is 166 g/mol. The van der Waals surface area contributed by atoms with Gasteiger partial charge in [-0.05, 0) is 22.8 Å². The molecule has 0 atom stereocenters. The minimum Gasteiger partial charge on any atom is -0.326 e. The molecule has 0 saturated carbocycles. The Balaban J connectivity index is 2.80. The van der Waals surface area contributed by atoms with Crippen molar-refractivity contribution in [3.05, 3.63) is 34.7 Å². The normalized spacial score (nSPS) is 9.92. The molecule has 0 amide bonds. The van der Waals surface area contributed by atoms with Crippen LogP contribution in [0.2, 0.25) is 0 Å². The average molecular weight is 173 g/mol. The van der Waals surface area contributed by atoms with E-state index in [0.717, 1.165) is 11.0 Å². The number of aromatic nitrogens is 2. The van der Waals surface area contributed by atoms with Gasteiger partial charge in [0.25, 0.3) is 0 Å². The van der Waals surface area contributed by atoms with E-state index in [-0.39, 0.29) is 0 Å². The number of nitrogens with zero attached hydrogens (tertiary/aromatic N) is 5. The summed E-state index contributed by atoms with van der Waals surface area (Å²) in [6.07, 6.45) is 0. The molecule has 13 heavy (non-hydrogen) atoms. The summed E-state index contributed by atoms with van der Waals surface area (Å²) >= 11 is 0. The van der Waals surface area contributed by atoms with Crippen LogP contribution in [0.15, 0.2) is 29.4 Å². The summed E-state index contributed by atoms with van der Waals surface area (Å²) in [6, 6.07) is 7.63. The van der Waals surface area contributed by atoms with Crippen LogP contribution in [0.4, 0.5) is 5.95 Å². The van der Waals surface area contributed by atoms with Crippen molar-refractivity contribution < 1.29 is 0 Å². The van der Waals surface area contributed by atoms with Gasteiger partial charge in [0, 0.05) is 12.0 Å². The van der Waals surface area contributed by atoms with Gasteiger partial charge in [0.1, 0.15) is 0 Å². The lowest BCUT2D eigenvalue weighted by Gasteiger charge is -1.93. The van der Waals surface area contributed by atoms with E-state index in [9.17, 15) is 0 Å². The lowest BCUT2D eigenvalue weighted by Crippen LogP contribution is -1.84. The summed E-state index contributed by atoms with van der Waals surface area (Å²) < 4.78 is 1.76. The van der Waals surface area contributed by atoms with E-state index in [1.807, 2.05) is 31.3 Å². The van der Waals surface area contributed by atoms with Crippen molar-refractivity contribution >= 4 is 17.0 Å². The molecule has 5 heteroatoms. The van der Waals surface area contributed by atoms with Crippen molar-refractivity contribution in [2.24, 2.45) is 12.2 Å². The van der Waals surface area contributed by atoms with E-state index in [0.29, 0.717) is 5.95 Å². The number of azide groups is 1. The molecule has 0 saturated heterocycles. The zero-order valence-corrected chi connectivity index (χ0v) is 7.05. The maximum absolute atomic E-state index is 8.27. The summed E-state index contributed by atoms with van der Waals surface area (Å²) in [7, 11) is 1.82. The predicted octanol–water partition coefficient (Wildman–Crippen LogP) is 2.52. The smallest absolute Gasteiger partial charge is 0.197 e. The Labute approximate surface area is 74.3 Å². The van der Waals surface area contributed by atoms with Crippen LogP contribution in [-0.4, -0.2) is 9.55 Å². The second-order valence-corrected chi connectivity index (χ2v) is 2.65. The first-order valence-corrected chi connectivity index (χ1v) is 3.79. The van der Waals surface area contributed by atoms with Crippen molar-refractivity contribution in [2.75, 3.05) is 0 Å².